The average molecular weight is 287 g/mol. The summed E-state index contributed by atoms with van der Waals surface area (Å²) in [7, 11) is 0. The summed E-state index contributed by atoms with van der Waals surface area (Å²) in [5, 5.41) is 4.56. The SMILES string of the molecule is Cl.Clc1ccccc1CNC1CN2CCC1CC2. The van der Waals surface area contributed by atoms with Gasteiger partial charge in [-0.3, -0.25) is 0 Å². The fraction of sp³-hybridized carbons (Fsp3) is 0.571. The molecule has 0 aliphatic carbocycles. The number of halogens is 2. The van der Waals surface area contributed by atoms with Crippen molar-refractivity contribution < 1.29 is 0 Å². The van der Waals surface area contributed by atoms with Crippen molar-refractivity contribution in [3.05, 3.63) is 34.9 Å². The Balaban J connectivity index is 0.00000120. The summed E-state index contributed by atoms with van der Waals surface area (Å²) in [6.45, 7) is 4.72. The summed E-state index contributed by atoms with van der Waals surface area (Å²) in [5.74, 6) is 0.877. The van der Waals surface area contributed by atoms with Gasteiger partial charge in [0.1, 0.15) is 0 Å². The molecule has 1 atom stereocenters. The molecule has 0 aromatic heterocycles. The predicted molar refractivity (Wildman–Crippen MR) is 78.5 cm³/mol. The van der Waals surface area contributed by atoms with Crippen molar-refractivity contribution >= 4 is 24.0 Å². The molecule has 0 saturated carbocycles. The third-order valence-corrected chi connectivity index (χ3v) is 4.54. The summed E-state index contributed by atoms with van der Waals surface area (Å²) >= 11 is 6.17. The predicted octanol–water partition coefficient (Wildman–Crippen LogP) is 2.95. The lowest BCUT2D eigenvalue weighted by atomic mass is 9.84. The molecule has 1 aromatic rings. The molecule has 3 fully saturated rings. The van der Waals surface area contributed by atoms with Crippen LogP contribution in [0.15, 0.2) is 24.3 Å². The van der Waals surface area contributed by atoms with Crippen LogP contribution in [0.1, 0.15) is 18.4 Å². The van der Waals surface area contributed by atoms with Crippen LogP contribution in [0.3, 0.4) is 0 Å². The van der Waals surface area contributed by atoms with E-state index in [0.29, 0.717) is 6.04 Å². The monoisotopic (exact) mass is 286 g/mol. The largest absolute Gasteiger partial charge is 0.308 e. The third-order valence-electron chi connectivity index (χ3n) is 4.17. The van der Waals surface area contributed by atoms with Gasteiger partial charge >= 0.3 is 0 Å². The van der Waals surface area contributed by atoms with Crippen molar-refractivity contribution in [2.75, 3.05) is 19.6 Å². The minimum atomic E-state index is 0. The Morgan fingerprint density at radius 2 is 1.94 bits per heavy atom. The zero-order chi connectivity index (χ0) is 11.7. The highest BCUT2D eigenvalue weighted by Gasteiger charge is 2.33. The molecule has 3 saturated heterocycles. The molecular formula is C14H20Cl2N2. The summed E-state index contributed by atoms with van der Waals surface area (Å²) in [6, 6.07) is 8.78. The second-order valence-corrected chi connectivity index (χ2v) is 5.62. The van der Waals surface area contributed by atoms with Gasteiger partial charge in [-0.2, -0.15) is 0 Å². The molecule has 1 aromatic carbocycles. The van der Waals surface area contributed by atoms with Gasteiger partial charge in [0.15, 0.2) is 0 Å². The number of fused-ring (bicyclic) bond motifs is 3. The Morgan fingerprint density at radius 3 is 2.56 bits per heavy atom. The first kappa shape index (κ1) is 14.1. The number of nitrogens with zero attached hydrogens (tertiary/aromatic N) is 1. The van der Waals surface area contributed by atoms with Gasteiger partial charge in [0, 0.05) is 24.2 Å². The van der Waals surface area contributed by atoms with Crippen molar-refractivity contribution in [3.8, 4) is 0 Å². The minimum Gasteiger partial charge on any atom is -0.308 e. The van der Waals surface area contributed by atoms with Gasteiger partial charge in [0.25, 0.3) is 0 Å². The Bertz CT molecular complexity index is 389. The number of rotatable bonds is 3. The average Bonchev–Trinajstić information content (AvgIpc) is 2.39. The van der Waals surface area contributed by atoms with E-state index in [2.05, 4.69) is 22.3 Å². The Kier molecular flexibility index (Phi) is 4.91. The van der Waals surface area contributed by atoms with Crippen molar-refractivity contribution in [1.29, 1.82) is 0 Å². The molecule has 2 nitrogen and oxygen atoms in total. The fourth-order valence-electron chi connectivity index (χ4n) is 3.08. The molecule has 3 aliphatic heterocycles. The van der Waals surface area contributed by atoms with E-state index in [1.807, 2.05) is 12.1 Å². The molecule has 1 N–H and O–H groups in total. The molecule has 3 heterocycles. The van der Waals surface area contributed by atoms with E-state index in [0.717, 1.165) is 17.5 Å². The zero-order valence-electron chi connectivity index (χ0n) is 10.4. The summed E-state index contributed by atoms with van der Waals surface area (Å²) in [6.07, 6.45) is 2.72. The van der Waals surface area contributed by atoms with Crippen LogP contribution in [0.25, 0.3) is 0 Å². The molecule has 1 unspecified atom stereocenters. The molecule has 0 radical (unpaired) electrons. The van der Waals surface area contributed by atoms with Gasteiger partial charge in [-0.25, -0.2) is 0 Å². The van der Waals surface area contributed by atoms with E-state index in [1.165, 1.54) is 38.0 Å². The molecule has 2 bridgehead atoms. The highest BCUT2D eigenvalue weighted by atomic mass is 35.5. The molecule has 0 spiro atoms. The van der Waals surface area contributed by atoms with Crippen LogP contribution in [-0.4, -0.2) is 30.6 Å². The maximum Gasteiger partial charge on any atom is 0.0450 e. The molecule has 100 valence electrons. The zero-order valence-corrected chi connectivity index (χ0v) is 12.0. The fourth-order valence-corrected chi connectivity index (χ4v) is 3.28. The Hall–Kier alpha value is -0.280. The van der Waals surface area contributed by atoms with Crippen LogP contribution >= 0.6 is 24.0 Å². The van der Waals surface area contributed by atoms with Gasteiger partial charge in [0.05, 0.1) is 0 Å². The van der Waals surface area contributed by atoms with Gasteiger partial charge in [0.2, 0.25) is 0 Å². The minimum absolute atomic E-state index is 0. The lowest BCUT2D eigenvalue weighted by molar-refractivity contribution is 0.0720. The van der Waals surface area contributed by atoms with Crippen LogP contribution in [0.5, 0.6) is 0 Å². The summed E-state index contributed by atoms with van der Waals surface area (Å²) in [4.78, 5) is 2.57. The van der Waals surface area contributed by atoms with Crippen molar-refractivity contribution in [2.45, 2.75) is 25.4 Å². The molecule has 0 amide bonds. The van der Waals surface area contributed by atoms with Crippen LogP contribution in [0, 0.1) is 5.92 Å². The van der Waals surface area contributed by atoms with E-state index in [-0.39, 0.29) is 12.4 Å². The highest BCUT2D eigenvalue weighted by Crippen LogP contribution is 2.27. The van der Waals surface area contributed by atoms with Crippen molar-refractivity contribution in [1.82, 2.24) is 10.2 Å². The van der Waals surface area contributed by atoms with E-state index in [9.17, 15) is 0 Å². The Labute approximate surface area is 120 Å². The lowest BCUT2D eigenvalue weighted by Gasteiger charge is -2.45. The Morgan fingerprint density at radius 1 is 1.22 bits per heavy atom. The molecule has 3 aliphatic rings. The second-order valence-electron chi connectivity index (χ2n) is 5.22. The van der Waals surface area contributed by atoms with Crippen molar-refractivity contribution in [3.63, 3.8) is 0 Å². The number of piperidine rings is 3. The quantitative estimate of drug-likeness (QED) is 0.919. The molecule has 18 heavy (non-hydrogen) atoms. The standard InChI is InChI=1S/C14H19ClN2.ClH/c15-13-4-2-1-3-12(13)9-16-14-10-17-7-5-11(14)6-8-17;/h1-4,11,14,16H,5-10H2;1H. The first-order valence-corrected chi connectivity index (χ1v) is 6.90. The topological polar surface area (TPSA) is 15.3 Å². The number of hydrogen-bond donors (Lipinski definition) is 1. The lowest BCUT2D eigenvalue weighted by Crippen LogP contribution is -2.55. The second kappa shape index (κ2) is 6.25. The van der Waals surface area contributed by atoms with Crippen molar-refractivity contribution in [2.24, 2.45) is 5.92 Å². The number of benzene rings is 1. The van der Waals surface area contributed by atoms with E-state index < -0.39 is 0 Å². The molecule has 4 heteroatoms. The first-order chi connectivity index (χ1) is 8.33. The van der Waals surface area contributed by atoms with Crippen LogP contribution in [0.2, 0.25) is 5.02 Å². The third kappa shape index (κ3) is 3.00. The first-order valence-electron chi connectivity index (χ1n) is 6.52. The maximum atomic E-state index is 6.17. The van der Waals surface area contributed by atoms with Gasteiger partial charge in [-0.05, 0) is 43.5 Å². The summed E-state index contributed by atoms with van der Waals surface area (Å²) < 4.78 is 0. The van der Waals surface area contributed by atoms with E-state index in [4.69, 9.17) is 11.6 Å². The normalized spacial score (nSPS) is 29.9. The van der Waals surface area contributed by atoms with Crippen LogP contribution < -0.4 is 5.32 Å². The van der Waals surface area contributed by atoms with E-state index >= 15 is 0 Å². The summed E-state index contributed by atoms with van der Waals surface area (Å²) in [5.41, 5.74) is 1.21. The smallest absolute Gasteiger partial charge is 0.0450 e. The van der Waals surface area contributed by atoms with Gasteiger partial charge in [-0.15, -0.1) is 12.4 Å². The molecule has 4 rings (SSSR count). The van der Waals surface area contributed by atoms with Crippen LogP contribution in [-0.2, 0) is 6.54 Å². The number of nitrogens with one attached hydrogen (secondary N) is 1. The van der Waals surface area contributed by atoms with Gasteiger partial charge < -0.3 is 10.2 Å². The maximum absolute atomic E-state index is 6.17. The highest BCUT2D eigenvalue weighted by molar-refractivity contribution is 6.31. The van der Waals surface area contributed by atoms with E-state index in [1.54, 1.807) is 0 Å². The number of hydrogen-bond acceptors (Lipinski definition) is 2. The molecular weight excluding hydrogens is 267 g/mol. The van der Waals surface area contributed by atoms with Gasteiger partial charge in [-0.1, -0.05) is 29.8 Å². The van der Waals surface area contributed by atoms with Crippen LogP contribution in [0.4, 0.5) is 0 Å².